The largest absolute Gasteiger partial charge is 0.488 e. The number of hydrogen-bond acceptors (Lipinski definition) is 7. The van der Waals surface area contributed by atoms with Crippen molar-refractivity contribution in [3.05, 3.63) is 29.6 Å². The Morgan fingerprint density at radius 1 is 1.18 bits per heavy atom. The van der Waals surface area contributed by atoms with Crippen LogP contribution in [0.2, 0.25) is 0 Å². The molecule has 7 heteroatoms. The Labute approximate surface area is 197 Å². The predicted octanol–water partition coefficient (Wildman–Crippen LogP) is 3.81. The van der Waals surface area contributed by atoms with Crippen LogP contribution < -0.4 is 21.1 Å². The van der Waals surface area contributed by atoms with Crippen molar-refractivity contribution in [2.45, 2.75) is 89.4 Å². The molecule has 0 saturated heterocycles. The molecule has 1 fully saturated rings. The smallest absolute Gasteiger partial charge is 0.143 e. The van der Waals surface area contributed by atoms with E-state index in [2.05, 4.69) is 47.9 Å². The Morgan fingerprint density at radius 3 is 2.55 bits per heavy atom. The van der Waals surface area contributed by atoms with Crippen molar-refractivity contribution in [3.63, 3.8) is 0 Å². The van der Waals surface area contributed by atoms with Gasteiger partial charge < -0.3 is 26.2 Å². The molecule has 1 saturated carbocycles. The fraction of sp³-hybridized carbons (Fsp3) is 0.615. The van der Waals surface area contributed by atoms with E-state index in [9.17, 15) is 5.11 Å². The molecule has 7 nitrogen and oxygen atoms in total. The summed E-state index contributed by atoms with van der Waals surface area (Å²) in [5.74, 6) is 1.44. The Balaban J connectivity index is 1.79. The predicted molar refractivity (Wildman–Crippen MR) is 134 cm³/mol. The minimum absolute atomic E-state index is 0.172. The van der Waals surface area contributed by atoms with Gasteiger partial charge in [-0.3, -0.25) is 0 Å². The first-order valence-corrected chi connectivity index (χ1v) is 12.1. The highest BCUT2D eigenvalue weighted by Gasteiger charge is 2.37. The number of nitrogens with two attached hydrogens (primary N) is 2. The Morgan fingerprint density at radius 2 is 1.88 bits per heavy atom. The van der Waals surface area contributed by atoms with Gasteiger partial charge in [-0.05, 0) is 75.5 Å². The molecule has 5 N–H and O–H groups in total. The van der Waals surface area contributed by atoms with Crippen molar-refractivity contribution in [3.8, 4) is 17.0 Å². The molecular formula is C26H39N5O2. The van der Waals surface area contributed by atoms with Gasteiger partial charge in [0, 0.05) is 30.8 Å². The summed E-state index contributed by atoms with van der Waals surface area (Å²) in [5, 5.41) is 10.4. The van der Waals surface area contributed by atoms with Gasteiger partial charge in [0.1, 0.15) is 17.9 Å². The van der Waals surface area contributed by atoms with E-state index in [4.69, 9.17) is 16.2 Å². The number of aliphatic hydroxyl groups is 1. The van der Waals surface area contributed by atoms with E-state index in [0.717, 1.165) is 60.4 Å². The van der Waals surface area contributed by atoms with E-state index >= 15 is 0 Å². The number of rotatable bonds is 6. The summed E-state index contributed by atoms with van der Waals surface area (Å²) < 4.78 is 6.62. The molecule has 2 aromatic rings. The van der Waals surface area contributed by atoms with Crippen molar-refractivity contribution in [2.75, 3.05) is 24.2 Å². The van der Waals surface area contributed by atoms with Crippen molar-refractivity contribution in [1.82, 2.24) is 9.97 Å². The summed E-state index contributed by atoms with van der Waals surface area (Å²) in [6, 6.07) is 4.47. The van der Waals surface area contributed by atoms with E-state index in [-0.39, 0.29) is 17.6 Å². The van der Waals surface area contributed by atoms with Crippen molar-refractivity contribution < 1.29 is 9.84 Å². The van der Waals surface area contributed by atoms with Crippen LogP contribution in [0.25, 0.3) is 11.3 Å². The molecule has 0 spiro atoms. The lowest BCUT2D eigenvalue weighted by Gasteiger charge is -2.38. The first-order chi connectivity index (χ1) is 15.5. The summed E-state index contributed by atoms with van der Waals surface area (Å²) in [6.07, 6.45) is 7.12. The van der Waals surface area contributed by atoms with Crippen molar-refractivity contribution in [2.24, 2.45) is 5.73 Å². The number of nitrogen functional groups attached to an aromatic ring is 1. The van der Waals surface area contributed by atoms with E-state index < -0.39 is 5.60 Å². The summed E-state index contributed by atoms with van der Waals surface area (Å²) in [6.45, 7) is 8.81. The summed E-state index contributed by atoms with van der Waals surface area (Å²) in [7, 11) is 2.09. The molecule has 180 valence electrons. The van der Waals surface area contributed by atoms with Crippen LogP contribution in [0.15, 0.2) is 18.5 Å². The molecule has 0 bridgehead atoms. The molecule has 2 aliphatic rings. The van der Waals surface area contributed by atoms with E-state index in [1.165, 1.54) is 5.56 Å². The van der Waals surface area contributed by atoms with Gasteiger partial charge in [0.05, 0.1) is 23.1 Å². The fourth-order valence-electron chi connectivity index (χ4n) is 5.27. The molecule has 0 amide bonds. The molecule has 0 unspecified atom stereocenters. The third kappa shape index (κ3) is 4.94. The maximum atomic E-state index is 10.4. The molecule has 4 rings (SSSR count). The second-order valence-corrected chi connectivity index (χ2v) is 11.1. The van der Waals surface area contributed by atoms with Gasteiger partial charge in [-0.15, -0.1) is 0 Å². The van der Waals surface area contributed by atoms with Gasteiger partial charge in [-0.25, -0.2) is 9.97 Å². The summed E-state index contributed by atoms with van der Waals surface area (Å²) in [5.41, 5.74) is 16.8. The van der Waals surface area contributed by atoms with Crippen LogP contribution in [0.3, 0.4) is 0 Å². The van der Waals surface area contributed by atoms with Gasteiger partial charge >= 0.3 is 0 Å². The topological polar surface area (TPSA) is 111 Å². The van der Waals surface area contributed by atoms with Crippen LogP contribution in [0, 0.1) is 0 Å². The monoisotopic (exact) mass is 453 g/mol. The zero-order valence-electron chi connectivity index (χ0n) is 20.7. The Kier molecular flexibility index (Phi) is 6.31. The van der Waals surface area contributed by atoms with Gasteiger partial charge in [-0.1, -0.05) is 13.8 Å². The van der Waals surface area contributed by atoms with Crippen LogP contribution in [0.4, 0.5) is 11.5 Å². The normalized spacial score (nSPS) is 21.8. The molecular weight excluding hydrogens is 414 g/mol. The minimum Gasteiger partial charge on any atom is -0.488 e. The number of benzene rings is 1. The van der Waals surface area contributed by atoms with Crippen LogP contribution in [0.5, 0.6) is 5.75 Å². The Hall–Kier alpha value is -2.38. The third-order valence-electron chi connectivity index (χ3n) is 7.13. The highest BCUT2D eigenvalue weighted by Crippen LogP contribution is 2.49. The number of hydrogen-bond donors (Lipinski definition) is 3. The van der Waals surface area contributed by atoms with E-state index in [0.29, 0.717) is 18.8 Å². The van der Waals surface area contributed by atoms with Gasteiger partial charge in [-0.2, -0.15) is 0 Å². The number of ether oxygens (including phenoxy) is 1. The van der Waals surface area contributed by atoms with Crippen molar-refractivity contribution in [1.29, 1.82) is 0 Å². The molecule has 2 aliphatic carbocycles. The zero-order chi connectivity index (χ0) is 24.0. The summed E-state index contributed by atoms with van der Waals surface area (Å²) in [4.78, 5) is 11.2. The van der Waals surface area contributed by atoms with E-state index in [1.807, 2.05) is 13.8 Å². The SMILES string of the molecule is CN(CCC(C)(C)O)c1c(O[C@H]2CC[C@H](N)CC2)ccc2c1CC(C)(C)c1c(N)ncnc1-2. The molecule has 1 aromatic heterocycles. The lowest BCUT2D eigenvalue weighted by Crippen LogP contribution is -2.34. The Bertz CT molecular complexity index is 1010. The van der Waals surface area contributed by atoms with Gasteiger partial charge in [0.2, 0.25) is 0 Å². The average Bonchev–Trinajstić information content (AvgIpc) is 2.72. The summed E-state index contributed by atoms with van der Waals surface area (Å²) >= 11 is 0. The molecule has 1 heterocycles. The number of nitrogens with zero attached hydrogens (tertiary/aromatic N) is 3. The lowest BCUT2D eigenvalue weighted by atomic mass is 9.71. The number of anilines is 2. The van der Waals surface area contributed by atoms with Gasteiger partial charge in [0.15, 0.2) is 0 Å². The van der Waals surface area contributed by atoms with Crippen molar-refractivity contribution >= 4 is 11.5 Å². The molecule has 0 atom stereocenters. The van der Waals surface area contributed by atoms with Crippen LogP contribution in [0.1, 0.15) is 70.9 Å². The standard InChI is InChI=1S/C26H39N5O2/c1-25(2)14-19-18(22-21(25)24(28)30-15-29-22)10-11-20(33-17-8-6-16(27)7-9-17)23(19)31(5)13-12-26(3,4)32/h10-11,15-17,32H,6-9,12-14,27H2,1-5H3,(H2,28,29,30)/t16-,17-. The number of fused-ring (bicyclic) bond motifs is 3. The first-order valence-electron chi connectivity index (χ1n) is 12.1. The molecule has 1 aromatic carbocycles. The second-order valence-electron chi connectivity index (χ2n) is 11.1. The molecule has 0 radical (unpaired) electrons. The van der Waals surface area contributed by atoms with E-state index in [1.54, 1.807) is 6.33 Å². The lowest BCUT2D eigenvalue weighted by molar-refractivity contribution is 0.0733. The zero-order valence-corrected chi connectivity index (χ0v) is 20.7. The molecule has 0 aliphatic heterocycles. The highest BCUT2D eigenvalue weighted by molar-refractivity contribution is 5.83. The molecule has 33 heavy (non-hydrogen) atoms. The maximum Gasteiger partial charge on any atom is 0.143 e. The fourth-order valence-corrected chi connectivity index (χ4v) is 5.27. The van der Waals surface area contributed by atoms with Gasteiger partial charge in [0.25, 0.3) is 0 Å². The van der Waals surface area contributed by atoms with Crippen LogP contribution in [-0.2, 0) is 11.8 Å². The minimum atomic E-state index is -0.739. The number of aromatic nitrogens is 2. The quantitative estimate of drug-likeness (QED) is 0.610. The third-order valence-corrected chi connectivity index (χ3v) is 7.13. The highest BCUT2D eigenvalue weighted by atomic mass is 16.5. The second kappa shape index (κ2) is 8.76. The maximum absolute atomic E-state index is 10.4. The first kappa shape index (κ1) is 23.8. The van der Waals surface area contributed by atoms with Crippen LogP contribution in [-0.4, -0.2) is 46.4 Å². The van der Waals surface area contributed by atoms with Crippen LogP contribution >= 0.6 is 0 Å². The average molecular weight is 454 g/mol.